The topological polar surface area (TPSA) is 24.9 Å². The number of rotatable bonds is 2. The van der Waals surface area contributed by atoms with Crippen LogP contribution in [0.2, 0.25) is 0 Å². The minimum atomic E-state index is -0.172. The van der Waals surface area contributed by atoms with E-state index in [-0.39, 0.29) is 5.82 Å². The standard InChI is InChI=1S/C13H15FN2S/c14-10-1-2-11-12(8-10)17-13(16-11)7-9-3-5-15-6-4-9/h1-2,8-9,15H,3-7H2. The number of piperidine rings is 1. The zero-order chi connectivity index (χ0) is 11.7. The molecule has 4 heteroatoms. The first-order valence-electron chi connectivity index (χ1n) is 6.07. The summed E-state index contributed by atoms with van der Waals surface area (Å²) in [7, 11) is 0. The van der Waals surface area contributed by atoms with E-state index in [2.05, 4.69) is 10.3 Å². The van der Waals surface area contributed by atoms with E-state index >= 15 is 0 Å². The third kappa shape index (κ3) is 2.48. The molecule has 0 aliphatic carbocycles. The molecule has 3 rings (SSSR count). The lowest BCUT2D eigenvalue weighted by Gasteiger charge is -2.21. The van der Waals surface area contributed by atoms with Crippen LogP contribution in [-0.4, -0.2) is 18.1 Å². The van der Waals surface area contributed by atoms with Crippen molar-refractivity contribution in [3.63, 3.8) is 0 Å². The van der Waals surface area contributed by atoms with E-state index in [0.29, 0.717) is 0 Å². The zero-order valence-corrected chi connectivity index (χ0v) is 10.4. The summed E-state index contributed by atoms with van der Waals surface area (Å²) < 4.78 is 14.0. The molecule has 1 aliphatic rings. The molecule has 1 N–H and O–H groups in total. The molecule has 0 bridgehead atoms. The van der Waals surface area contributed by atoms with E-state index in [1.54, 1.807) is 23.5 Å². The molecule has 1 aromatic carbocycles. The Bertz CT molecular complexity index is 517. The second-order valence-corrected chi connectivity index (χ2v) is 5.73. The minimum Gasteiger partial charge on any atom is -0.317 e. The van der Waals surface area contributed by atoms with Gasteiger partial charge in [-0.2, -0.15) is 0 Å². The molecule has 1 aromatic heterocycles. The van der Waals surface area contributed by atoms with Gasteiger partial charge in [0.15, 0.2) is 0 Å². The monoisotopic (exact) mass is 250 g/mol. The quantitative estimate of drug-likeness (QED) is 0.886. The van der Waals surface area contributed by atoms with Gasteiger partial charge in [0.1, 0.15) is 5.82 Å². The largest absolute Gasteiger partial charge is 0.317 e. The van der Waals surface area contributed by atoms with E-state index in [4.69, 9.17) is 0 Å². The van der Waals surface area contributed by atoms with Crippen LogP contribution in [0.15, 0.2) is 18.2 Å². The van der Waals surface area contributed by atoms with Gasteiger partial charge in [-0.3, -0.25) is 0 Å². The predicted octanol–water partition coefficient (Wildman–Crippen LogP) is 2.98. The van der Waals surface area contributed by atoms with Gasteiger partial charge in [-0.15, -0.1) is 11.3 Å². The summed E-state index contributed by atoms with van der Waals surface area (Å²) in [6, 6.07) is 4.84. The van der Waals surface area contributed by atoms with E-state index in [0.717, 1.165) is 40.7 Å². The average molecular weight is 250 g/mol. The third-order valence-corrected chi connectivity index (χ3v) is 4.36. The molecular weight excluding hydrogens is 235 g/mol. The molecule has 1 aliphatic heterocycles. The molecule has 1 fully saturated rings. The third-order valence-electron chi connectivity index (χ3n) is 3.32. The van der Waals surface area contributed by atoms with Crippen LogP contribution >= 0.6 is 11.3 Å². The first kappa shape index (κ1) is 11.1. The first-order valence-corrected chi connectivity index (χ1v) is 6.88. The smallest absolute Gasteiger partial charge is 0.124 e. The molecule has 0 amide bonds. The van der Waals surface area contributed by atoms with Crippen molar-refractivity contribution in [3.05, 3.63) is 29.0 Å². The van der Waals surface area contributed by atoms with Crippen molar-refractivity contribution in [2.75, 3.05) is 13.1 Å². The van der Waals surface area contributed by atoms with Crippen molar-refractivity contribution >= 4 is 21.6 Å². The van der Waals surface area contributed by atoms with Crippen molar-refractivity contribution in [3.8, 4) is 0 Å². The Morgan fingerprint density at radius 3 is 3.00 bits per heavy atom. The number of hydrogen-bond donors (Lipinski definition) is 1. The molecule has 0 radical (unpaired) electrons. The highest BCUT2D eigenvalue weighted by atomic mass is 32.1. The number of fused-ring (bicyclic) bond motifs is 1. The van der Waals surface area contributed by atoms with Crippen LogP contribution in [0, 0.1) is 11.7 Å². The van der Waals surface area contributed by atoms with Crippen LogP contribution in [0.1, 0.15) is 17.8 Å². The molecule has 17 heavy (non-hydrogen) atoms. The Labute approximate surface area is 104 Å². The predicted molar refractivity (Wildman–Crippen MR) is 68.9 cm³/mol. The van der Waals surface area contributed by atoms with Gasteiger partial charge in [0.25, 0.3) is 0 Å². The van der Waals surface area contributed by atoms with E-state index in [1.165, 1.54) is 18.9 Å². The van der Waals surface area contributed by atoms with Crippen LogP contribution in [-0.2, 0) is 6.42 Å². The van der Waals surface area contributed by atoms with Crippen molar-refractivity contribution in [1.82, 2.24) is 10.3 Å². The highest BCUT2D eigenvalue weighted by molar-refractivity contribution is 7.18. The molecule has 2 aromatic rings. The van der Waals surface area contributed by atoms with Crippen LogP contribution in [0.4, 0.5) is 4.39 Å². The number of thiazole rings is 1. The molecular formula is C13H15FN2S. The fourth-order valence-corrected chi connectivity index (χ4v) is 3.47. The van der Waals surface area contributed by atoms with Gasteiger partial charge in [0.2, 0.25) is 0 Å². The lowest BCUT2D eigenvalue weighted by Crippen LogP contribution is -2.28. The summed E-state index contributed by atoms with van der Waals surface area (Å²) in [4.78, 5) is 4.58. The molecule has 0 unspecified atom stereocenters. The Morgan fingerprint density at radius 1 is 1.35 bits per heavy atom. The average Bonchev–Trinajstić information content (AvgIpc) is 2.71. The van der Waals surface area contributed by atoms with Gasteiger partial charge in [-0.05, 0) is 50.0 Å². The fourth-order valence-electron chi connectivity index (χ4n) is 2.37. The van der Waals surface area contributed by atoms with Crippen molar-refractivity contribution in [2.45, 2.75) is 19.3 Å². The lowest BCUT2D eigenvalue weighted by atomic mass is 9.95. The molecule has 1 saturated heterocycles. The van der Waals surface area contributed by atoms with Gasteiger partial charge < -0.3 is 5.32 Å². The Kier molecular flexibility index (Phi) is 3.07. The van der Waals surface area contributed by atoms with Gasteiger partial charge in [0, 0.05) is 6.42 Å². The number of aromatic nitrogens is 1. The lowest BCUT2D eigenvalue weighted by molar-refractivity contribution is 0.372. The summed E-state index contributed by atoms with van der Waals surface area (Å²) >= 11 is 1.63. The maximum absolute atomic E-state index is 13.1. The Balaban J connectivity index is 1.80. The fraction of sp³-hybridized carbons (Fsp3) is 0.462. The molecule has 0 saturated carbocycles. The van der Waals surface area contributed by atoms with Crippen LogP contribution in [0.5, 0.6) is 0 Å². The SMILES string of the molecule is Fc1ccc2nc(CC3CCNCC3)sc2c1. The second kappa shape index (κ2) is 4.70. The molecule has 2 nitrogen and oxygen atoms in total. The van der Waals surface area contributed by atoms with Crippen LogP contribution in [0.3, 0.4) is 0 Å². The van der Waals surface area contributed by atoms with Gasteiger partial charge >= 0.3 is 0 Å². The number of nitrogens with zero attached hydrogens (tertiary/aromatic N) is 1. The van der Waals surface area contributed by atoms with Gasteiger partial charge in [0.05, 0.1) is 15.2 Å². The zero-order valence-electron chi connectivity index (χ0n) is 9.58. The van der Waals surface area contributed by atoms with Crippen molar-refractivity contribution < 1.29 is 4.39 Å². The van der Waals surface area contributed by atoms with Crippen molar-refractivity contribution in [2.24, 2.45) is 5.92 Å². The number of hydrogen-bond acceptors (Lipinski definition) is 3. The van der Waals surface area contributed by atoms with E-state index in [9.17, 15) is 4.39 Å². The summed E-state index contributed by atoms with van der Waals surface area (Å²) in [5, 5.41) is 4.52. The molecule has 0 spiro atoms. The summed E-state index contributed by atoms with van der Waals surface area (Å²) in [5.41, 5.74) is 0.931. The van der Waals surface area contributed by atoms with Gasteiger partial charge in [-0.25, -0.2) is 9.37 Å². The maximum Gasteiger partial charge on any atom is 0.124 e. The van der Waals surface area contributed by atoms with Crippen molar-refractivity contribution in [1.29, 1.82) is 0 Å². The van der Waals surface area contributed by atoms with Crippen LogP contribution in [0.25, 0.3) is 10.2 Å². The minimum absolute atomic E-state index is 0.172. The number of halogens is 1. The molecule has 90 valence electrons. The maximum atomic E-state index is 13.1. The highest BCUT2D eigenvalue weighted by Crippen LogP contribution is 2.26. The highest BCUT2D eigenvalue weighted by Gasteiger charge is 2.15. The summed E-state index contributed by atoms with van der Waals surface area (Å²) in [6.07, 6.45) is 3.50. The molecule has 2 heterocycles. The normalized spacial score (nSPS) is 17.7. The summed E-state index contributed by atoms with van der Waals surface area (Å²) in [5.74, 6) is 0.566. The second-order valence-electron chi connectivity index (χ2n) is 4.62. The summed E-state index contributed by atoms with van der Waals surface area (Å²) in [6.45, 7) is 2.23. The van der Waals surface area contributed by atoms with Gasteiger partial charge in [-0.1, -0.05) is 0 Å². The van der Waals surface area contributed by atoms with E-state index in [1.807, 2.05) is 0 Å². The van der Waals surface area contributed by atoms with E-state index < -0.39 is 0 Å². The Hall–Kier alpha value is -1.00. The molecule has 0 atom stereocenters. The number of nitrogens with one attached hydrogen (secondary N) is 1. The number of benzene rings is 1. The Morgan fingerprint density at radius 2 is 2.18 bits per heavy atom. The van der Waals surface area contributed by atoms with Crippen LogP contribution < -0.4 is 5.32 Å². The first-order chi connectivity index (χ1) is 8.31.